The predicted octanol–water partition coefficient (Wildman–Crippen LogP) is 3.01. The van der Waals surface area contributed by atoms with Gasteiger partial charge in [0, 0.05) is 5.56 Å². The normalized spacial score (nSPS) is 10.7. The van der Waals surface area contributed by atoms with E-state index in [4.69, 9.17) is 4.74 Å². The molecule has 1 heterocycles. The van der Waals surface area contributed by atoms with Crippen molar-refractivity contribution in [3.05, 3.63) is 28.4 Å². The number of hydrogen-bond acceptors (Lipinski definition) is 5. The first-order valence-corrected chi connectivity index (χ1v) is 6.64. The van der Waals surface area contributed by atoms with Gasteiger partial charge >= 0.3 is 12.6 Å². The third-order valence-corrected chi connectivity index (χ3v) is 3.06. The third-order valence-electron chi connectivity index (χ3n) is 2.44. The molecule has 1 aromatic heterocycles. The maximum absolute atomic E-state index is 12.2. The van der Waals surface area contributed by atoms with Gasteiger partial charge in [0.05, 0.1) is 11.1 Å². The summed E-state index contributed by atoms with van der Waals surface area (Å²) in [6.45, 7) is -1.05. The number of hydrogen-bond donors (Lipinski definition) is 1. The number of alkyl halides is 2. The minimum atomic E-state index is -2.92. The summed E-state index contributed by atoms with van der Waals surface area (Å²) in [5.41, 5.74) is 0.782. The molecule has 0 bridgehead atoms. The molecule has 1 aromatic carbocycles. The highest BCUT2D eigenvalue weighted by Gasteiger charge is 2.20. The average molecular weight is 362 g/mol. The van der Waals surface area contributed by atoms with Crippen molar-refractivity contribution >= 4 is 21.9 Å². The number of halogens is 3. The van der Waals surface area contributed by atoms with Gasteiger partial charge in [-0.3, -0.25) is 0 Å². The van der Waals surface area contributed by atoms with E-state index < -0.39 is 12.6 Å². The maximum atomic E-state index is 12.2. The van der Waals surface area contributed by atoms with Gasteiger partial charge in [-0.05, 0) is 41.1 Å². The lowest BCUT2D eigenvalue weighted by Gasteiger charge is -2.08. The molecule has 2 rings (SSSR count). The van der Waals surface area contributed by atoms with Crippen LogP contribution in [0.15, 0.2) is 22.7 Å². The van der Waals surface area contributed by atoms with Gasteiger partial charge in [0.15, 0.2) is 5.69 Å². The van der Waals surface area contributed by atoms with Gasteiger partial charge in [0.2, 0.25) is 0 Å². The van der Waals surface area contributed by atoms with Crippen molar-refractivity contribution in [1.29, 1.82) is 0 Å². The highest BCUT2D eigenvalue weighted by molar-refractivity contribution is 9.10. The number of benzene rings is 1. The zero-order valence-electron chi connectivity index (χ0n) is 10.8. The van der Waals surface area contributed by atoms with Crippen LogP contribution in [0.3, 0.4) is 0 Å². The first-order chi connectivity index (χ1) is 10.0. The van der Waals surface area contributed by atoms with Crippen LogP contribution in [0.4, 0.5) is 8.78 Å². The number of aromatic amines is 1. The summed E-state index contributed by atoms with van der Waals surface area (Å²) in [6.07, 6.45) is 0. The lowest BCUT2D eigenvalue weighted by molar-refractivity contribution is -0.0503. The lowest BCUT2D eigenvalue weighted by Crippen LogP contribution is -2.07. The van der Waals surface area contributed by atoms with E-state index in [0.717, 1.165) is 0 Å². The average Bonchev–Trinajstić information content (AvgIpc) is 2.90. The molecule has 9 heteroatoms. The molecule has 0 radical (unpaired) electrons. The van der Waals surface area contributed by atoms with E-state index >= 15 is 0 Å². The fourth-order valence-electron chi connectivity index (χ4n) is 1.61. The van der Waals surface area contributed by atoms with E-state index in [-0.39, 0.29) is 23.7 Å². The van der Waals surface area contributed by atoms with Gasteiger partial charge in [-0.25, -0.2) is 4.79 Å². The molecule has 6 nitrogen and oxygen atoms in total. The van der Waals surface area contributed by atoms with Gasteiger partial charge in [-0.2, -0.15) is 19.1 Å². The first kappa shape index (κ1) is 15.4. The number of H-pyrrole nitrogens is 1. The van der Waals surface area contributed by atoms with Crippen molar-refractivity contribution < 1.29 is 23.0 Å². The Morgan fingerprint density at radius 1 is 1.43 bits per heavy atom. The summed E-state index contributed by atoms with van der Waals surface area (Å²) < 4.78 is 33.9. The molecule has 21 heavy (non-hydrogen) atoms. The van der Waals surface area contributed by atoms with Gasteiger partial charge in [-0.1, -0.05) is 0 Å². The fourth-order valence-corrected chi connectivity index (χ4v) is 2.09. The first-order valence-electron chi connectivity index (χ1n) is 5.85. The van der Waals surface area contributed by atoms with Crippen molar-refractivity contribution in [2.75, 3.05) is 6.61 Å². The number of carbonyl (C=O) groups is 1. The van der Waals surface area contributed by atoms with Gasteiger partial charge in [-0.15, -0.1) is 5.10 Å². The number of nitrogens with one attached hydrogen (secondary N) is 1. The SMILES string of the molecule is CCOC(=O)c1n[nH]nc1-c1ccc(OC(F)F)c(Br)c1. The van der Waals surface area contributed by atoms with Crippen molar-refractivity contribution in [2.45, 2.75) is 13.5 Å². The lowest BCUT2D eigenvalue weighted by atomic mass is 10.1. The molecular formula is C12H10BrF2N3O3. The van der Waals surface area contributed by atoms with E-state index in [2.05, 4.69) is 36.1 Å². The molecule has 1 N–H and O–H groups in total. The molecule has 0 saturated carbocycles. The van der Waals surface area contributed by atoms with Crippen LogP contribution in [0.2, 0.25) is 0 Å². The summed E-state index contributed by atoms with van der Waals surface area (Å²) in [6, 6.07) is 4.33. The molecular weight excluding hydrogens is 352 g/mol. The topological polar surface area (TPSA) is 77.1 Å². The number of carbonyl (C=O) groups excluding carboxylic acids is 1. The van der Waals surface area contributed by atoms with E-state index in [1.165, 1.54) is 18.2 Å². The summed E-state index contributed by atoms with van der Waals surface area (Å²) in [5.74, 6) is -0.639. The Morgan fingerprint density at radius 3 is 2.81 bits per heavy atom. The van der Waals surface area contributed by atoms with Crippen LogP contribution in [0.1, 0.15) is 17.4 Å². The molecule has 0 saturated heterocycles. The monoisotopic (exact) mass is 361 g/mol. The maximum Gasteiger partial charge on any atom is 0.387 e. The van der Waals surface area contributed by atoms with Crippen LogP contribution in [0.5, 0.6) is 5.75 Å². The summed E-state index contributed by atoms with van der Waals surface area (Å²) in [5, 5.41) is 9.94. The van der Waals surface area contributed by atoms with Crippen molar-refractivity contribution in [2.24, 2.45) is 0 Å². The highest BCUT2D eigenvalue weighted by atomic mass is 79.9. The Labute approximate surface area is 126 Å². The molecule has 0 aliphatic heterocycles. The second-order valence-corrected chi connectivity index (χ2v) is 4.62. The summed E-state index contributed by atoms with van der Waals surface area (Å²) >= 11 is 3.12. The number of esters is 1. The number of rotatable bonds is 5. The third kappa shape index (κ3) is 3.54. The largest absolute Gasteiger partial charge is 0.461 e. The van der Waals surface area contributed by atoms with Gasteiger partial charge in [0.1, 0.15) is 11.4 Å². The minimum Gasteiger partial charge on any atom is -0.461 e. The molecule has 2 aromatic rings. The molecule has 0 spiro atoms. The van der Waals surface area contributed by atoms with Crippen LogP contribution >= 0.6 is 15.9 Å². The fraction of sp³-hybridized carbons (Fsp3) is 0.250. The van der Waals surface area contributed by atoms with Crippen LogP contribution in [0.25, 0.3) is 11.3 Å². The van der Waals surface area contributed by atoms with E-state index in [9.17, 15) is 13.6 Å². The Bertz CT molecular complexity index is 648. The molecule has 0 fully saturated rings. The van der Waals surface area contributed by atoms with E-state index in [0.29, 0.717) is 10.0 Å². The van der Waals surface area contributed by atoms with Crippen molar-refractivity contribution in [3.8, 4) is 17.0 Å². The van der Waals surface area contributed by atoms with E-state index in [1.807, 2.05) is 0 Å². The van der Waals surface area contributed by atoms with E-state index in [1.54, 1.807) is 6.92 Å². The molecule has 0 amide bonds. The number of aromatic nitrogens is 3. The van der Waals surface area contributed by atoms with Crippen LogP contribution in [-0.2, 0) is 4.74 Å². The molecule has 0 aliphatic rings. The quantitative estimate of drug-likeness (QED) is 0.828. The molecule has 0 atom stereocenters. The Balaban J connectivity index is 2.33. The Kier molecular flexibility index (Phi) is 4.84. The van der Waals surface area contributed by atoms with Crippen molar-refractivity contribution in [3.63, 3.8) is 0 Å². The van der Waals surface area contributed by atoms with Gasteiger partial charge < -0.3 is 9.47 Å². The standard InChI is InChI=1S/C12H10BrF2N3O3/c1-2-20-11(19)10-9(16-18-17-10)6-3-4-8(7(13)5-6)21-12(14)15/h3-5,12H,2H2,1H3,(H,16,17,18). The molecule has 0 unspecified atom stereocenters. The second kappa shape index (κ2) is 6.61. The minimum absolute atomic E-state index is 0.0186. The summed E-state index contributed by atoms with van der Waals surface area (Å²) in [4.78, 5) is 11.7. The Morgan fingerprint density at radius 2 is 2.19 bits per heavy atom. The Hall–Kier alpha value is -2.03. The molecule has 112 valence electrons. The number of ether oxygens (including phenoxy) is 2. The number of nitrogens with zero attached hydrogens (tertiary/aromatic N) is 2. The zero-order valence-corrected chi connectivity index (χ0v) is 12.4. The van der Waals surface area contributed by atoms with Crippen LogP contribution in [0, 0.1) is 0 Å². The smallest absolute Gasteiger partial charge is 0.387 e. The predicted molar refractivity (Wildman–Crippen MR) is 72.1 cm³/mol. The summed E-state index contributed by atoms with van der Waals surface area (Å²) in [7, 11) is 0. The van der Waals surface area contributed by atoms with Gasteiger partial charge in [0.25, 0.3) is 0 Å². The highest BCUT2D eigenvalue weighted by Crippen LogP contribution is 2.31. The molecule has 0 aliphatic carbocycles. The van der Waals surface area contributed by atoms with Crippen molar-refractivity contribution in [1.82, 2.24) is 15.4 Å². The zero-order chi connectivity index (χ0) is 15.4. The van der Waals surface area contributed by atoms with Crippen LogP contribution < -0.4 is 4.74 Å². The van der Waals surface area contributed by atoms with Crippen LogP contribution in [-0.4, -0.2) is 34.6 Å². The second-order valence-electron chi connectivity index (χ2n) is 3.76.